The number of ketones is 1. The molecule has 6 nitrogen and oxygen atoms in total. The largest absolute Gasteiger partial charge is 0.328 e. The molecule has 0 bridgehead atoms. The number of fused-ring (bicyclic) bond motifs is 2. The monoisotopic (exact) mass is 385 g/mol. The lowest BCUT2D eigenvalue weighted by atomic mass is 9.76. The van der Waals surface area contributed by atoms with Crippen molar-refractivity contribution in [3.05, 3.63) is 83.6 Å². The van der Waals surface area contributed by atoms with Crippen molar-refractivity contribution in [1.82, 2.24) is 19.7 Å². The summed E-state index contributed by atoms with van der Waals surface area (Å²) >= 11 is 0. The van der Waals surface area contributed by atoms with Crippen molar-refractivity contribution in [2.75, 3.05) is 5.32 Å². The molecule has 1 N–H and O–H groups in total. The number of nitrogens with zero attached hydrogens (tertiary/aromatic N) is 4. The molecule has 0 unspecified atom stereocenters. The fraction of sp³-hybridized carbons (Fsp3) is 0.304. The molecule has 3 atom stereocenters. The Morgan fingerprint density at radius 2 is 1.97 bits per heavy atom. The van der Waals surface area contributed by atoms with E-state index in [0.717, 1.165) is 11.3 Å². The first-order valence-corrected chi connectivity index (χ1v) is 10.0. The first-order chi connectivity index (χ1) is 14.1. The van der Waals surface area contributed by atoms with Gasteiger partial charge in [0.25, 0.3) is 0 Å². The molecular weight excluding hydrogens is 362 g/mol. The Morgan fingerprint density at radius 3 is 2.69 bits per heavy atom. The fourth-order valence-electron chi connectivity index (χ4n) is 4.40. The lowest BCUT2D eigenvalue weighted by Crippen LogP contribution is -2.40. The molecule has 0 amide bonds. The molecule has 0 radical (unpaired) electrons. The number of pyridine rings is 1. The van der Waals surface area contributed by atoms with E-state index in [1.165, 1.54) is 17.5 Å². The van der Waals surface area contributed by atoms with Crippen molar-refractivity contribution in [2.45, 2.75) is 38.1 Å². The highest BCUT2D eigenvalue weighted by Crippen LogP contribution is 2.43. The van der Waals surface area contributed by atoms with Gasteiger partial charge in [0.2, 0.25) is 5.95 Å². The second-order valence-corrected chi connectivity index (χ2v) is 8.08. The van der Waals surface area contributed by atoms with E-state index in [-0.39, 0.29) is 23.7 Å². The molecule has 2 aromatic heterocycles. The molecule has 3 heterocycles. The second-order valence-electron chi connectivity index (χ2n) is 8.08. The summed E-state index contributed by atoms with van der Waals surface area (Å²) < 4.78 is 1.80. The maximum Gasteiger partial charge on any atom is 0.226 e. The van der Waals surface area contributed by atoms with Gasteiger partial charge in [-0.1, -0.05) is 50.3 Å². The molecule has 5 rings (SSSR count). The summed E-state index contributed by atoms with van der Waals surface area (Å²) in [5.74, 6) is 1.12. The Balaban J connectivity index is 1.55. The maximum absolute atomic E-state index is 13.3. The Labute approximate surface area is 169 Å². The van der Waals surface area contributed by atoms with Gasteiger partial charge in [-0.25, -0.2) is 4.68 Å². The van der Waals surface area contributed by atoms with Gasteiger partial charge in [0.15, 0.2) is 0 Å². The highest BCUT2D eigenvalue weighted by molar-refractivity contribution is 5.88. The van der Waals surface area contributed by atoms with Gasteiger partial charge in [0.05, 0.1) is 12.0 Å². The molecule has 2 aliphatic rings. The van der Waals surface area contributed by atoms with Crippen LogP contribution in [0.1, 0.15) is 54.8 Å². The average molecular weight is 385 g/mol. The van der Waals surface area contributed by atoms with Gasteiger partial charge in [-0.2, -0.15) is 10.1 Å². The molecule has 6 heteroatoms. The van der Waals surface area contributed by atoms with Gasteiger partial charge >= 0.3 is 0 Å². The Hall–Kier alpha value is -3.28. The van der Waals surface area contributed by atoms with Gasteiger partial charge in [-0.3, -0.25) is 9.78 Å². The zero-order valence-corrected chi connectivity index (χ0v) is 16.5. The van der Waals surface area contributed by atoms with Crippen LogP contribution in [0, 0.1) is 5.92 Å². The topological polar surface area (TPSA) is 72.7 Å². The number of aromatic nitrogens is 4. The maximum atomic E-state index is 13.3. The summed E-state index contributed by atoms with van der Waals surface area (Å²) in [6, 6.07) is 12.3. The Kier molecular flexibility index (Phi) is 4.27. The van der Waals surface area contributed by atoms with Crippen LogP contribution in [0.2, 0.25) is 0 Å². The van der Waals surface area contributed by atoms with Crippen molar-refractivity contribution < 1.29 is 4.79 Å². The highest BCUT2D eigenvalue weighted by Gasteiger charge is 2.43. The van der Waals surface area contributed by atoms with Crippen LogP contribution in [0.5, 0.6) is 0 Å². The van der Waals surface area contributed by atoms with E-state index < -0.39 is 0 Å². The molecule has 1 aliphatic heterocycles. The van der Waals surface area contributed by atoms with Gasteiger partial charge in [0.1, 0.15) is 12.1 Å². The second kappa shape index (κ2) is 6.95. The molecule has 0 saturated heterocycles. The third-order valence-electron chi connectivity index (χ3n) is 5.95. The van der Waals surface area contributed by atoms with Crippen molar-refractivity contribution in [3.8, 4) is 0 Å². The summed E-state index contributed by atoms with van der Waals surface area (Å²) in [5.41, 5.74) is 4.35. The first-order valence-electron chi connectivity index (χ1n) is 10.0. The molecule has 0 fully saturated rings. The summed E-state index contributed by atoms with van der Waals surface area (Å²) in [6.07, 6.45) is 7.75. The minimum Gasteiger partial charge on any atom is -0.328 e. The summed E-state index contributed by atoms with van der Waals surface area (Å²) in [6.45, 7) is 4.37. The van der Waals surface area contributed by atoms with Crippen LogP contribution in [0.25, 0.3) is 0 Å². The number of benzene rings is 1. The standard InChI is InChI=1S/C23H23N5O/c1-14(2)15-5-7-16(8-6-15)18-10-19-21(20(29)11-18)22(17-4-3-9-24-12-17)28-23(27-19)25-13-26-28/h3-10,12-14,18,21-22H,11H2,1-2H3,(H,25,26,27)/t18-,21+,22+/m1/s1. The Bertz CT molecular complexity index is 1070. The highest BCUT2D eigenvalue weighted by atomic mass is 16.1. The third-order valence-corrected chi connectivity index (χ3v) is 5.95. The zero-order valence-electron chi connectivity index (χ0n) is 16.5. The van der Waals surface area contributed by atoms with E-state index in [1.807, 2.05) is 18.3 Å². The molecule has 1 aliphatic carbocycles. The van der Waals surface area contributed by atoms with Crippen molar-refractivity contribution in [1.29, 1.82) is 0 Å². The quantitative estimate of drug-likeness (QED) is 0.736. The predicted molar refractivity (Wildman–Crippen MR) is 110 cm³/mol. The molecular formula is C23H23N5O. The number of nitrogens with one attached hydrogen (secondary N) is 1. The van der Waals surface area contributed by atoms with Crippen molar-refractivity contribution in [3.63, 3.8) is 0 Å². The number of hydrogen-bond donors (Lipinski definition) is 1. The number of carbonyl (C=O) groups excluding carboxylic acids is 1. The van der Waals surface area contributed by atoms with Crippen LogP contribution in [0.15, 0.2) is 66.9 Å². The summed E-state index contributed by atoms with van der Waals surface area (Å²) in [7, 11) is 0. The SMILES string of the molecule is CC(C)c1ccc([C@@H]2C=C3Nc4ncnn4[C@@H](c4cccnc4)[C@@H]3C(=O)C2)cc1. The number of carbonyl (C=O) groups is 1. The molecule has 0 spiro atoms. The third kappa shape index (κ3) is 3.05. The number of rotatable bonds is 3. The van der Waals surface area contributed by atoms with Gasteiger partial charge < -0.3 is 5.32 Å². The summed E-state index contributed by atoms with van der Waals surface area (Å²) in [4.78, 5) is 21.9. The van der Waals surface area contributed by atoms with Crippen LogP contribution < -0.4 is 5.32 Å². The van der Waals surface area contributed by atoms with E-state index in [4.69, 9.17) is 0 Å². The average Bonchev–Trinajstić information content (AvgIpc) is 3.21. The van der Waals surface area contributed by atoms with Crippen molar-refractivity contribution >= 4 is 11.7 Å². The molecule has 0 saturated carbocycles. The van der Waals surface area contributed by atoms with Crippen LogP contribution in [0.3, 0.4) is 0 Å². The Morgan fingerprint density at radius 1 is 1.14 bits per heavy atom. The van der Waals surface area contributed by atoms with E-state index in [0.29, 0.717) is 18.3 Å². The van der Waals surface area contributed by atoms with E-state index in [1.54, 1.807) is 10.9 Å². The van der Waals surface area contributed by atoms with Crippen molar-refractivity contribution in [2.24, 2.45) is 5.92 Å². The minimum absolute atomic E-state index is 0.0616. The van der Waals surface area contributed by atoms with Gasteiger partial charge in [-0.15, -0.1) is 0 Å². The smallest absolute Gasteiger partial charge is 0.226 e. The number of anilines is 1. The van der Waals surface area contributed by atoms with E-state index >= 15 is 0 Å². The lowest BCUT2D eigenvalue weighted by Gasteiger charge is -2.37. The molecule has 29 heavy (non-hydrogen) atoms. The first kappa shape index (κ1) is 17.8. The number of hydrogen-bond acceptors (Lipinski definition) is 5. The molecule has 146 valence electrons. The lowest BCUT2D eigenvalue weighted by molar-refractivity contribution is -0.123. The zero-order chi connectivity index (χ0) is 20.0. The predicted octanol–water partition coefficient (Wildman–Crippen LogP) is 4.07. The number of allylic oxidation sites excluding steroid dienone is 2. The number of Topliss-reactive ketones (excluding diaryl/α,β-unsaturated/α-hetero) is 1. The normalized spacial score (nSPS) is 23.2. The summed E-state index contributed by atoms with van der Waals surface area (Å²) in [5, 5.41) is 7.73. The fourth-order valence-corrected chi connectivity index (χ4v) is 4.40. The van der Waals surface area contributed by atoms with E-state index in [2.05, 4.69) is 64.6 Å². The van der Waals surface area contributed by atoms with Gasteiger partial charge in [0, 0.05) is 30.4 Å². The molecule has 3 aromatic rings. The van der Waals surface area contributed by atoms with Crippen LogP contribution in [-0.2, 0) is 4.79 Å². The van der Waals surface area contributed by atoms with Crippen LogP contribution in [0.4, 0.5) is 5.95 Å². The minimum atomic E-state index is -0.306. The van der Waals surface area contributed by atoms with Gasteiger partial charge in [-0.05, 0) is 28.7 Å². The van der Waals surface area contributed by atoms with E-state index in [9.17, 15) is 4.79 Å². The van der Waals surface area contributed by atoms with Crippen LogP contribution in [-0.4, -0.2) is 25.5 Å². The molecule has 1 aromatic carbocycles. The van der Waals surface area contributed by atoms with Crippen LogP contribution >= 0.6 is 0 Å².